The van der Waals surface area contributed by atoms with E-state index in [1.807, 2.05) is 25.1 Å². The molecular formula is C40H45N9O9. The van der Waals surface area contributed by atoms with Crippen LogP contribution in [0.25, 0.3) is 21.9 Å². The Bertz CT molecular complexity index is 2490. The summed E-state index contributed by atoms with van der Waals surface area (Å²) in [5.41, 5.74) is 23.4. The van der Waals surface area contributed by atoms with Gasteiger partial charge in [-0.05, 0) is 97.2 Å². The van der Waals surface area contributed by atoms with Gasteiger partial charge in [-0.25, -0.2) is 9.78 Å². The highest BCUT2D eigenvalue weighted by Crippen LogP contribution is 2.38. The molecular weight excluding hydrogens is 750 g/mol. The third-order valence-electron chi connectivity index (χ3n) is 9.48. The van der Waals surface area contributed by atoms with Crippen molar-refractivity contribution in [3.05, 3.63) is 98.5 Å². The summed E-state index contributed by atoms with van der Waals surface area (Å²) >= 11 is 0. The van der Waals surface area contributed by atoms with Gasteiger partial charge in [0.2, 0.25) is 17.6 Å². The molecule has 3 aromatic heterocycles. The number of ether oxygens (including phenoxy) is 3. The van der Waals surface area contributed by atoms with E-state index in [4.69, 9.17) is 41.6 Å². The molecule has 18 nitrogen and oxygen atoms in total. The third-order valence-corrected chi connectivity index (χ3v) is 9.48. The van der Waals surface area contributed by atoms with E-state index in [1.165, 1.54) is 5.56 Å². The van der Waals surface area contributed by atoms with Crippen molar-refractivity contribution >= 4 is 57.5 Å². The molecule has 0 spiro atoms. The van der Waals surface area contributed by atoms with Crippen molar-refractivity contribution in [1.82, 2.24) is 30.2 Å². The normalized spacial score (nSPS) is 11.4. The Morgan fingerprint density at radius 1 is 0.810 bits per heavy atom. The number of benzene rings is 3. The van der Waals surface area contributed by atoms with Gasteiger partial charge in [0.15, 0.2) is 11.5 Å². The molecule has 0 unspecified atom stereocenters. The standard InChI is InChI=1S/C20H21N5O6.C20H24N4O3/c21-20-24-16-15(18(29)25-20)12(9-22-16)6-3-10-1-4-11(5-2-10)17(28)23-13(19(30)31)7-8-14(26)27;1-11-13(7-8-14-17(11)19(21)24-20(22)23-14)6-5-12-9-15(25-2)18(27-4)16(10-12)26-3/h1-2,4-5,9,13H,3,6-8H2,(H,23,28)(H,26,27)(H,30,31)(H4,21,22,24,25,29);7-10H,5-6H2,1-4H3,(H4,21,22,23,24)/t13-;/m0./s1. The number of fused-ring (bicyclic) bond motifs is 2. The number of aromatic amines is 2. The van der Waals surface area contributed by atoms with Crippen molar-refractivity contribution in [1.29, 1.82) is 0 Å². The predicted octanol–water partition coefficient (Wildman–Crippen LogP) is 3.58. The maximum atomic E-state index is 12.3. The van der Waals surface area contributed by atoms with Gasteiger partial charge < -0.3 is 51.9 Å². The Morgan fingerprint density at radius 3 is 2.09 bits per heavy atom. The summed E-state index contributed by atoms with van der Waals surface area (Å²) in [6.45, 7) is 2.03. The molecule has 1 atom stereocenters. The minimum atomic E-state index is -1.30. The van der Waals surface area contributed by atoms with Gasteiger partial charge >= 0.3 is 11.9 Å². The number of nitrogen functional groups attached to an aromatic ring is 3. The van der Waals surface area contributed by atoms with E-state index in [0.717, 1.165) is 46.0 Å². The average Bonchev–Trinajstić information content (AvgIpc) is 3.60. The van der Waals surface area contributed by atoms with Crippen molar-refractivity contribution in [3.8, 4) is 17.2 Å². The van der Waals surface area contributed by atoms with Gasteiger partial charge in [-0.1, -0.05) is 18.2 Å². The van der Waals surface area contributed by atoms with Crippen molar-refractivity contribution in [2.75, 3.05) is 38.5 Å². The van der Waals surface area contributed by atoms with Gasteiger partial charge in [0.25, 0.3) is 11.5 Å². The minimum Gasteiger partial charge on any atom is -0.493 e. The molecule has 304 valence electrons. The van der Waals surface area contributed by atoms with Crippen molar-refractivity contribution in [2.45, 2.75) is 51.5 Å². The fraction of sp³-hybridized carbons (Fsp3) is 0.275. The molecule has 0 fully saturated rings. The van der Waals surface area contributed by atoms with E-state index >= 15 is 0 Å². The lowest BCUT2D eigenvalue weighted by molar-refractivity contribution is -0.140. The molecule has 0 saturated carbocycles. The fourth-order valence-corrected chi connectivity index (χ4v) is 6.50. The number of aromatic nitrogens is 5. The largest absolute Gasteiger partial charge is 0.493 e. The quantitative estimate of drug-likeness (QED) is 0.0737. The number of aryl methyl sites for hydroxylation is 5. The topological polar surface area (TPSA) is 297 Å². The molecule has 3 heterocycles. The first-order chi connectivity index (χ1) is 27.7. The van der Waals surface area contributed by atoms with Crippen LogP contribution in [-0.2, 0) is 35.3 Å². The molecule has 6 aromatic rings. The number of H-pyrrole nitrogens is 2. The zero-order valence-corrected chi connectivity index (χ0v) is 32.3. The molecule has 0 aliphatic rings. The molecule has 11 N–H and O–H groups in total. The number of methoxy groups -OCH3 is 3. The monoisotopic (exact) mass is 795 g/mol. The highest BCUT2D eigenvalue weighted by Gasteiger charge is 2.22. The van der Waals surface area contributed by atoms with Gasteiger partial charge in [-0.3, -0.25) is 19.4 Å². The number of carboxylic acids is 2. The summed E-state index contributed by atoms with van der Waals surface area (Å²) in [5, 5.41) is 21.5. The SMILES string of the molecule is COc1cc(CCc2ccc3nc(N)nc(N)c3c2C)cc(OC)c1OC.Nc1nc2[nH]cc(CCc3ccc(C(=O)N[C@@H](CCC(=O)O)C(=O)O)cc3)c2c(=O)[nH]1. The highest BCUT2D eigenvalue weighted by molar-refractivity contribution is 5.96. The number of rotatable bonds is 15. The molecule has 0 bridgehead atoms. The first-order valence-electron chi connectivity index (χ1n) is 18.0. The zero-order chi connectivity index (χ0) is 42.1. The van der Waals surface area contributed by atoms with Gasteiger partial charge in [-0.2, -0.15) is 9.97 Å². The molecule has 0 aliphatic carbocycles. The van der Waals surface area contributed by atoms with Crippen LogP contribution in [0, 0.1) is 6.92 Å². The molecule has 0 aliphatic heterocycles. The molecule has 0 radical (unpaired) electrons. The number of nitrogens with zero attached hydrogens (tertiary/aromatic N) is 3. The number of aliphatic carboxylic acids is 2. The average molecular weight is 796 g/mol. The lowest BCUT2D eigenvalue weighted by Gasteiger charge is -2.15. The van der Waals surface area contributed by atoms with Crippen molar-refractivity contribution in [3.63, 3.8) is 0 Å². The molecule has 6 rings (SSSR count). The first-order valence-corrected chi connectivity index (χ1v) is 18.0. The van der Waals surface area contributed by atoms with Crippen LogP contribution < -0.4 is 42.3 Å². The Labute approximate surface area is 331 Å². The van der Waals surface area contributed by atoms with Gasteiger partial charge in [0.1, 0.15) is 17.5 Å². The van der Waals surface area contributed by atoms with Crippen LogP contribution in [0.15, 0.2) is 59.5 Å². The number of nitrogens with two attached hydrogens (primary N) is 3. The third kappa shape index (κ3) is 9.89. The van der Waals surface area contributed by atoms with E-state index in [2.05, 4.69) is 36.3 Å². The Balaban J connectivity index is 0.000000223. The summed E-state index contributed by atoms with van der Waals surface area (Å²) < 4.78 is 16.2. The Kier molecular flexibility index (Phi) is 13.3. The van der Waals surface area contributed by atoms with Crippen LogP contribution in [0.5, 0.6) is 17.2 Å². The molecule has 18 heteroatoms. The van der Waals surface area contributed by atoms with Crippen LogP contribution in [0.2, 0.25) is 0 Å². The zero-order valence-electron chi connectivity index (χ0n) is 32.3. The lowest BCUT2D eigenvalue weighted by atomic mass is 9.97. The minimum absolute atomic E-state index is 0.0351. The summed E-state index contributed by atoms with van der Waals surface area (Å²) in [7, 11) is 4.82. The van der Waals surface area contributed by atoms with E-state index < -0.39 is 23.9 Å². The Morgan fingerprint density at radius 2 is 1.47 bits per heavy atom. The number of hydrogen-bond donors (Lipinski definition) is 8. The molecule has 58 heavy (non-hydrogen) atoms. The van der Waals surface area contributed by atoms with E-state index in [0.29, 0.717) is 46.9 Å². The van der Waals surface area contributed by atoms with E-state index in [9.17, 15) is 19.2 Å². The molecule has 0 saturated heterocycles. The number of amides is 1. The number of nitrogens with one attached hydrogen (secondary N) is 3. The van der Waals surface area contributed by atoms with Crippen LogP contribution in [0.3, 0.4) is 0 Å². The summed E-state index contributed by atoms with van der Waals surface area (Å²) in [6, 6.07) is 13.2. The summed E-state index contributed by atoms with van der Waals surface area (Å²) in [5.74, 6) is -0.519. The maximum absolute atomic E-state index is 12.3. The molecule has 1 amide bonds. The number of carbonyl (C=O) groups is 3. The Hall–Kier alpha value is -7.37. The second-order valence-electron chi connectivity index (χ2n) is 13.2. The van der Waals surface area contributed by atoms with E-state index in [1.54, 1.807) is 51.8 Å². The molecule has 3 aromatic carbocycles. The smallest absolute Gasteiger partial charge is 0.326 e. The number of carboxylic acid groups (broad SMARTS) is 2. The van der Waals surface area contributed by atoms with Gasteiger partial charge in [-0.15, -0.1) is 0 Å². The van der Waals surface area contributed by atoms with Crippen LogP contribution >= 0.6 is 0 Å². The number of hydrogen-bond acceptors (Lipinski definition) is 13. The highest BCUT2D eigenvalue weighted by atomic mass is 16.5. The van der Waals surface area contributed by atoms with Crippen LogP contribution in [0.1, 0.15) is 51.0 Å². The van der Waals surface area contributed by atoms with Crippen LogP contribution in [-0.4, -0.2) is 80.3 Å². The second kappa shape index (κ2) is 18.5. The predicted molar refractivity (Wildman–Crippen MR) is 217 cm³/mol. The second-order valence-corrected chi connectivity index (χ2v) is 13.2. The first kappa shape index (κ1) is 41.8. The van der Waals surface area contributed by atoms with Crippen molar-refractivity contribution in [2.24, 2.45) is 0 Å². The number of anilines is 3. The summed E-state index contributed by atoms with van der Waals surface area (Å²) in [4.78, 5) is 64.1. The van der Waals surface area contributed by atoms with Gasteiger partial charge in [0.05, 0.1) is 32.2 Å². The fourth-order valence-electron chi connectivity index (χ4n) is 6.50. The lowest BCUT2D eigenvalue weighted by Crippen LogP contribution is -2.41. The van der Waals surface area contributed by atoms with E-state index in [-0.39, 0.29) is 35.9 Å². The summed E-state index contributed by atoms with van der Waals surface area (Å²) in [6.07, 6.45) is 3.90. The maximum Gasteiger partial charge on any atom is 0.326 e. The number of carbonyl (C=O) groups excluding carboxylic acids is 1. The van der Waals surface area contributed by atoms with Crippen LogP contribution in [0.4, 0.5) is 17.7 Å². The van der Waals surface area contributed by atoms with Crippen molar-refractivity contribution < 1.29 is 38.8 Å². The van der Waals surface area contributed by atoms with Gasteiger partial charge in [0, 0.05) is 23.6 Å².